The van der Waals surface area contributed by atoms with Crippen molar-refractivity contribution in [2.45, 2.75) is 25.9 Å². The molecular formula is C15H18N4O2S. The van der Waals surface area contributed by atoms with E-state index in [4.69, 9.17) is 0 Å². The van der Waals surface area contributed by atoms with Crippen molar-refractivity contribution >= 4 is 33.3 Å². The Morgan fingerprint density at radius 2 is 2.32 bits per heavy atom. The Hall–Kier alpha value is -1.73. The molecule has 116 valence electrons. The van der Waals surface area contributed by atoms with Gasteiger partial charge in [0.1, 0.15) is 16.5 Å². The van der Waals surface area contributed by atoms with E-state index in [1.807, 2.05) is 18.4 Å². The van der Waals surface area contributed by atoms with Gasteiger partial charge in [-0.2, -0.15) is 0 Å². The zero-order valence-corrected chi connectivity index (χ0v) is 13.2. The molecule has 0 radical (unpaired) electrons. The maximum atomic E-state index is 12.2. The van der Waals surface area contributed by atoms with E-state index in [0.29, 0.717) is 26.1 Å². The van der Waals surface area contributed by atoms with E-state index < -0.39 is 11.5 Å². The number of rotatable bonds is 2. The molecule has 4 heterocycles. The first-order valence-electron chi connectivity index (χ1n) is 7.57. The molecule has 0 bridgehead atoms. The number of anilines is 1. The second kappa shape index (κ2) is 4.89. The topological polar surface area (TPSA) is 78.4 Å². The van der Waals surface area contributed by atoms with Gasteiger partial charge in [0.05, 0.1) is 16.9 Å². The van der Waals surface area contributed by atoms with Crippen molar-refractivity contribution in [1.82, 2.24) is 15.3 Å². The first-order valence-corrected chi connectivity index (χ1v) is 8.45. The molecule has 1 atom stereocenters. The molecular weight excluding hydrogens is 300 g/mol. The molecule has 2 fully saturated rings. The van der Waals surface area contributed by atoms with E-state index in [1.54, 1.807) is 11.3 Å². The van der Waals surface area contributed by atoms with E-state index in [-0.39, 0.29) is 5.91 Å². The molecule has 0 aliphatic carbocycles. The lowest BCUT2D eigenvalue weighted by molar-refractivity contribution is -0.139. The molecule has 1 spiro atoms. The van der Waals surface area contributed by atoms with E-state index in [0.717, 1.165) is 28.3 Å². The van der Waals surface area contributed by atoms with Crippen LogP contribution in [0.2, 0.25) is 0 Å². The fourth-order valence-electron chi connectivity index (χ4n) is 3.40. The molecule has 2 N–H and O–H groups in total. The van der Waals surface area contributed by atoms with Crippen LogP contribution in [0.25, 0.3) is 10.2 Å². The number of aryl methyl sites for hydroxylation is 1. The molecule has 2 saturated heterocycles. The highest BCUT2D eigenvalue weighted by Crippen LogP contribution is 2.41. The first-order chi connectivity index (χ1) is 10.6. The maximum absolute atomic E-state index is 12.2. The molecule has 0 aromatic carbocycles. The normalized spacial score (nSPS) is 23.6. The third-order valence-electron chi connectivity index (χ3n) is 4.56. The Morgan fingerprint density at radius 1 is 1.50 bits per heavy atom. The predicted molar refractivity (Wildman–Crippen MR) is 85.1 cm³/mol. The number of β-amino-alcohol motifs (C(OH)–C–C–N with tert-alkyl or cyclic N) is 1. The van der Waals surface area contributed by atoms with Crippen molar-refractivity contribution in [3.63, 3.8) is 0 Å². The van der Waals surface area contributed by atoms with Crippen LogP contribution in [0.1, 0.15) is 19.2 Å². The lowest BCUT2D eigenvalue weighted by Crippen LogP contribution is -2.68. The lowest BCUT2D eigenvalue weighted by atomic mass is 9.72. The van der Waals surface area contributed by atoms with Gasteiger partial charge in [-0.1, -0.05) is 6.92 Å². The molecule has 6 nitrogen and oxygen atoms in total. The fourth-order valence-corrected chi connectivity index (χ4v) is 4.18. The number of carbonyl (C=O) groups excluding carboxylic acids is 1. The van der Waals surface area contributed by atoms with Gasteiger partial charge in [0.15, 0.2) is 0 Å². The molecule has 2 aromatic heterocycles. The number of aliphatic hydroxyl groups excluding tert-OH is 1. The van der Waals surface area contributed by atoms with Crippen molar-refractivity contribution < 1.29 is 9.90 Å². The number of thiophene rings is 1. The Labute approximate surface area is 132 Å². The molecule has 7 heteroatoms. The van der Waals surface area contributed by atoms with Gasteiger partial charge in [-0.25, -0.2) is 9.97 Å². The monoisotopic (exact) mass is 318 g/mol. The summed E-state index contributed by atoms with van der Waals surface area (Å²) in [6.07, 6.45) is 0.880. The Bertz CT molecular complexity index is 738. The Kier molecular flexibility index (Phi) is 3.09. The van der Waals surface area contributed by atoms with E-state index in [9.17, 15) is 9.90 Å². The van der Waals surface area contributed by atoms with E-state index in [1.165, 1.54) is 0 Å². The van der Waals surface area contributed by atoms with Gasteiger partial charge in [0.2, 0.25) is 5.91 Å². The van der Waals surface area contributed by atoms with Crippen LogP contribution < -0.4 is 10.2 Å². The third-order valence-corrected chi connectivity index (χ3v) is 5.37. The highest BCUT2D eigenvalue weighted by Gasteiger charge is 2.52. The largest absolute Gasteiger partial charge is 0.391 e. The van der Waals surface area contributed by atoms with Crippen LogP contribution >= 0.6 is 11.3 Å². The minimum absolute atomic E-state index is 0.0559. The summed E-state index contributed by atoms with van der Waals surface area (Å²) in [4.78, 5) is 24.5. The van der Waals surface area contributed by atoms with Gasteiger partial charge in [-0.3, -0.25) is 4.79 Å². The standard InChI is InChI=1S/C15H18N4O2S/c1-2-11-17-12(10-3-4-22-13(10)18-11)19-7-15(8-19)5-9(20)6-16-14(15)21/h3-4,9,20H,2,5-8H2,1H3,(H,16,21). The van der Waals surface area contributed by atoms with Gasteiger partial charge in [0.25, 0.3) is 0 Å². The smallest absolute Gasteiger partial charge is 0.230 e. The number of fused-ring (bicyclic) bond motifs is 1. The highest BCUT2D eigenvalue weighted by atomic mass is 32.1. The fraction of sp³-hybridized carbons (Fsp3) is 0.533. The van der Waals surface area contributed by atoms with Crippen molar-refractivity contribution in [3.8, 4) is 0 Å². The average molecular weight is 318 g/mol. The molecule has 2 aliphatic rings. The SMILES string of the molecule is CCc1nc(N2CC3(CC(O)CNC3=O)C2)c2ccsc2n1. The maximum Gasteiger partial charge on any atom is 0.230 e. The molecule has 1 amide bonds. The number of amides is 1. The summed E-state index contributed by atoms with van der Waals surface area (Å²) in [5, 5.41) is 15.7. The van der Waals surface area contributed by atoms with Gasteiger partial charge in [-0.05, 0) is 17.9 Å². The zero-order valence-electron chi connectivity index (χ0n) is 12.4. The molecule has 4 rings (SSSR count). The summed E-state index contributed by atoms with van der Waals surface area (Å²) in [7, 11) is 0. The van der Waals surface area contributed by atoms with Crippen molar-refractivity contribution in [2.75, 3.05) is 24.5 Å². The van der Waals surface area contributed by atoms with E-state index in [2.05, 4.69) is 20.2 Å². The van der Waals surface area contributed by atoms with Gasteiger partial charge < -0.3 is 15.3 Å². The van der Waals surface area contributed by atoms with Gasteiger partial charge in [0, 0.05) is 26.1 Å². The third kappa shape index (κ3) is 1.99. The number of hydrogen-bond acceptors (Lipinski definition) is 6. The summed E-state index contributed by atoms with van der Waals surface area (Å²) in [5.41, 5.74) is -0.461. The number of aromatic nitrogens is 2. The predicted octanol–water partition coefficient (Wildman–Crippen LogP) is 0.941. The number of aliphatic hydroxyl groups is 1. The summed E-state index contributed by atoms with van der Waals surface area (Å²) in [6, 6.07) is 2.04. The highest BCUT2D eigenvalue weighted by molar-refractivity contribution is 7.16. The second-order valence-electron chi connectivity index (χ2n) is 6.16. The van der Waals surface area contributed by atoms with Gasteiger partial charge >= 0.3 is 0 Å². The second-order valence-corrected chi connectivity index (χ2v) is 7.06. The molecule has 2 aromatic rings. The minimum Gasteiger partial charge on any atom is -0.391 e. The number of piperidine rings is 1. The van der Waals surface area contributed by atoms with Crippen LogP contribution in [0.4, 0.5) is 5.82 Å². The van der Waals surface area contributed by atoms with Crippen LogP contribution in [0.3, 0.4) is 0 Å². The van der Waals surface area contributed by atoms with Crippen molar-refractivity contribution in [1.29, 1.82) is 0 Å². The Balaban J connectivity index is 1.65. The van der Waals surface area contributed by atoms with Gasteiger partial charge in [-0.15, -0.1) is 11.3 Å². The molecule has 2 aliphatic heterocycles. The van der Waals surface area contributed by atoms with Crippen molar-refractivity contribution in [3.05, 3.63) is 17.3 Å². The van der Waals surface area contributed by atoms with E-state index >= 15 is 0 Å². The summed E-state index contributed by atoms with van der Waals surface area (Å²) in [5.74, 6) is 1.81. The number of hydrogen-bond donors (Lipinski definition) is 2. The number of nitrogens with one attached hydrogen (secondary N) is 1. The van der Waals surface area contributed by atoms with Crippen LogP contribution in [0, 0.1) is 5.41 Å². The number of carbonyl (C=O) groups is 1. The molecule has 1 unspecified atom stereocenters. The van der Waals surface area contributed by atoms with Crippen molar-refractivity contribution in [2.24, 2.45) is 5.41 Å². The van der Waals surface area contributed by atoms with Crippen LogP contribution in [-0.2, 0) is 11.2 Å². The summed E-state index contributed by atoms with van der Waals surface area (Å²) >= 11 is 1.61. The zero-order chi connectivity index (χ0) is 15.3. The summed E-state index contributed by atoms with van der Waals surface area (Å²) in [6.45, 7) is 3.63. The summed E-state index contributed by atoms with van der Waals surface area (Å²) < 4.78 is 0. The number of nitrogens with zero attached hydrogens (tertiary/aromatic N) is 3. The molecule has 22 heavy (non-hydrogen) atoms. The first kappa shape index (κ1) is 13.9. The minimum atomic E-state index is -0.461. The van der Waals surface area contributed by atoms with Crippen LogP contribution in [0.5, 0.6) is 0 Å². The van der Waals surface area contributed by atoms with Crippen LogP contribution in [0.15, 0.2) is 11.4 Å². The molecule has 0 saturated carbocycles. The lowest BCUT2D eigenvalue weighted by Gasteiger charge is -2.52. The Morgan fingerprint density at radius 3 is 3.09 bits per heavy atom. The van der Waals surface area contributed by atoms with Crippen LogP contribution in [-0.4, -0.2) is 46.7 Å². The quantitative estimate of drug-likeness (QED) is 0.862. The average Bonchev–Trinajstić information content (AvgIpc) is 2.94.